The fourth-order valence-corrected chi connectivity index (χ4v) is 4.75. The summed E-state index contributed by atoms with van der Waals surface area (Å²) < 4.78 is 7.40. The van der Waals surface area contributed by atoms with Gasteiger partial charge in [0.25, 0.3) is 5.56 Å². The molecule has 3 aromatic heterocycles. The zero-order valence-corrected chi connectivity index (χ0v) is 19.8. The number of aryl methyl sites for hydroxylation is 1. The van der Waals surface area contributed by atoms with E-state index in [1.807, 2.05) is 6.07 Å². The van der Waals surface area contributed by atoms with Crippen LogP contribution < -0.4 is 21.3 Å². The van der Waals surface area contributed by atoms with Crippen molar-refractivity contribution in [1.29, 1.82) is 0 Å². The van der Waals surface area contributed by atoms with Crippen LogP contribution in [0.15, 0.2) is 53.6 Å². The summed E-state index contributed by atoms with van der Waals surface area (Å²) in [7, 11) is 1.65. The van der Waals surface area contributed by atoms with Crippen molar-refractivity contribution in [2.75, 3.05) is 5.32 Å². The van der Waals surface area contributed by atoms with Crippen LogP contribution in [0.2, 0.25) is 10.0 Å². The number of fused-ring (bicyclic) bond motifs is 1. The number of nitrogens with two attached hydrogens (primary N) is 1. The molecule has 10 heteroatoms. The highest BCUT2D eigenvalue weighted by Crippen LogP contribution is 2.33. The van der Waals surface area contributed by atoms with E-state index in [4.69, 9.17) is 33.7 Å². The molecule has 0 unspecified atom stereocenters. The van der Waals surface area contributed by atoms with Gasteiger partial charge in [-0.15, -0.1) is 0 Å². The summed E-state index contributed by atoms with van der Waals surface area (Å²) in [6, 6.07) is 10.7. The maximum absolute atomic E-state index is 13.1. The second-order valence-corrected chi connectivity index (χ2v) is 9.12. The summed E-state index contributed by atoms with van der Waals surface area (Å²) in [6.45, 7) is 0. The third-order valence-corrected chi connectivity index (χ3v) is 6.51. The second kappa shape index (κ2) is 9.21. The van der Waals surface area contributed by atoms with Crippen molar-refractivity contribution in [3.8, 4) is 16.9 Å². The first-order chi connectivity index (χ1) is 16.4. The number of nitrogens with one attached hydrogen (secondary N) is 1. The molecule has 8 nitrogen and oxygen atoms in total. The Hall–Kier alpha value is -3.20. The van der Waals surface area contributed by atoms with Crippen LogP contribution in [-0.2, 0) is 7.05 Å². The summed E-state index contributed by atoms with van der Waals surface area (Å²) in [5.74, 6) is 1.56. The molecule has 0 saturated heterocycles. The molecule has 1 fully saturated rings. The van der Waals surface area contributed by atoms with Gasteiger partial charge in [-0.25, -0.2) is 9.97 Å². The Morgan fingerprint density at radius 1 is 1.12 bits per heavy atom. The molecule has 3 N–H and O–H groups in total. The largest absolute Gasteiger partial charge is 0.489 e. The third-order valence-electron chi connectivity index (χ3n) is 5.88. The molecular formula is C24H22Cl2N6O2. The summed E-state index contributed by atoms with van der Waals surface area (Å²) in [5, 5.41) is 4.54. The molecule has 174 valence electrons. The zero-order chi connectivity index (χ0) is 23.8. The number of benzene rings is 1. The lowest BCUT2D eigenvalue weighted by molar-refractivity contribution is 0.207. The number of halogens is 2. The Labute approximate surface area is 205 Å². The Balaban J connectivity index is 1.40. The molecule has 0 spiro atoms. The Kier molecular flexibility index (Phi) is 6.12. The topological polar surface area (TPSA) is 108 Å². The predicted octanol–water partition coefficient (Wildman–Crippen LogP) is 4.70. The molecule has 1 aromatic carbocycles. The maximum atomic E-state index is 13.1. The molecular weight excluding hydrogens is 475 g/mol. The van der Waals surface area contributed by atoms with Crippen LogP contribution in [0.4, 0.5) is 11.8 Å². The minimum atomic E-state index is -0.265. The van der Waals surface area contributed by atoms with Gasteiger partial charge < -0.3 is 15.8 Å². The lowest BCUT2D eigenvalue weighted by atomic mass is 10.1. The summed E-state index contributed by atoms with van der Waals surface area (Å²) in [4.78, 5) is 26.4. The second-order valence-electron chi connectivity index (χ2n) is 8.31. The Morgan fingerprint density at radius 3 is 2.59 bits per heavy atom. The highest BCUT2D eigenvalue weighted by atomic mass is 35.5. The molecule has 0 radical (unpaired) electrons. The molecule has 1 saturated carbocycles. The normalized spacial score (nSPS) is 17.8. The van der Waals surface area contributed by atoms with Crippen LogP contribution in [0.5, 0.6) is 5.75 Å². The summed E-state index contributed by atoms with van der Waals surface area (Å²) in [5.41, 5.74) is 7.02. The van der Waals surface area contributed by atoms with Gasteiger partial charge >= 0.3 is 0 Å². The minimum Gasteiger partial charge on any atom is -0.489 e. The Morgan fingerprint density at radius 2 is 1.91 bits per heavy atom. The van der Waals surface area contributed by atoms with E-state index in [-0.39, 0.29) is 17.7 Å². The molecule has 2 atom stereocenters. The minimum absolute atomic E-state index is 0.131. The van der Waals surface area contributed by atoms with Crippen molar-refractivity contribution in [1.82, 2.24) is 19.5 Å². The number of anilines is 2. The van der Waals surface area contributed by atoms with Gasteiger partial charge in [0.2, 0.25) is 5.95 Å². The number of aromatic nitrogens is 4. The number of hydrogen-bond acceptors (Lipinski definition) is 7. The van der Waals surface area contributed by atoms with Gasteiger partial charge in [0.15, 0.2) is 0 Å². The summed E-state index contributed by atoms with van der Waals surface area (Å²) >= 11 is 12.6. The van der Waals surface area contributed by atoms with Gasteiger partial charge in [-0.1, -0.05) is 29.3 Å². The van der Waals surface area contributed by atoms with Gasteiger partial charge in [0.1, 0.15) is 23.3 Å². The quantitative estimate of drug-likeness (QED) is 0.412. The standard InChI is InChI=1S/C24H22Cl2N6O2/c1-32-22-13(9-17(23(32)33)21-18(25)3-2-4-19(21)26)11-29-24(31-22)30-20-8-7-16(12-28-20)34-15-6-5-14(27)10-15/h2-4,7-9,11-12,14-15H,5-6,10,27H2,1H3,(H,28,29,30,31)/t14-,15-/m1/s1. The first-order valence-electron chi connectivity index (χ1n) is 10.9. The Bertz CT molecular complexity index is 1400. The number of nitrogens with zero attached hydrogens (tertiary/aromatic N) is 4. The van der Waals surface area contributed by atoms with Gasteiger partial charge in [-0.3, -0.25) is 9.36 Å². The maximum Gasteiger partial charge on any atom is 0.259 e. The van der Waals surface area contributed by atoms with Crippen LogP contribution >= 0.6 is 23.2 Å². The molecule has 0 aliphatic heterocycles. The van der Waals surface area contributed by atoms with E-state index in [1.54, 1.807) is 49.8 Å². The smallest absolute Gasteiger partial charge is 0.259 e. The van der Waals surface area contributed by atoms with E-state index in [9.17, 15) is 4.79 Å². The van der Waals surface area contributed by atoms with E-state index < -0.39 is 0 Å². The van der Waals surface area contributed by atoms with E-state index in [0.29, 0.717) is 49.7 Å². The van der Waals surface area contributed by atoms with Crippen molar-refractivity contribution < 1.29 is 4.74 Å². The highest BCUT2D eigenvalue weighted by Gasteiger charge is 2.23. The van der Waals surface area contributed by atoms with Crippen molar-refractivity contribution in [3.05, 3.63) is 69.2 Å². The molecule has 4 aromatic rings. The summed E-state index contributed by atoms with van der Waals surface area (Å²) in [6.07, 6.45) is 6.21. The molecule has 1 aliphatic carbocycles. The van der Waals surface area contributed by atoms with Gasteiger partial charge in [-0.05, 0) is 49.6 Å². The first-order valence-corrected chi connectivity index (χ1v) is 11.6. The van der Waals surface area contributed by atoms with Crippen molar-refractivity contribution in [2.24, 2.45) is 12.8 Å². The average Bonchev–Trinajstić information content (AvgIpc) is 3.23. The fourth-order valence-electron chi connectivity index (χ4n) is 4.15. The van der Waals surface area contributed by atoms with Crippen molar-refractivity contribution in [2.45, 2.75) is 31.4 Å². The van der Waals surface area contributed by atoms with Crippen LogP contribution in [0.3, 0.4) is 0 Å². The zero-order valence-electron chi connectivity index (χ0n) is 18.3. The van der Waals surface area contributed by atoms with Crippen molar-refractivity contribution >= 4 is 46.0 Å². The number of rotatable bonds is 5. The van der Waals surface area contributed by atoms with Gasteiger partial charge in [-0.2, -0.15) is 4.98 Å². The first kappa shape index (κ1) is 22.6. The molecule has 34 heavy (non-hydrogen) atoms. The van der Waals surface area contributed by atoms with Crippen LogP contribution in [0.25, 0.3) is 22.2 Å². The third kappa shape index (κ3) is 4.44. The predicted molar refractivity (Wildman–Crippen MR) is 134 cm³/mol. The SMILES string of the molecule is Cn1c(=O)c(-c2c(Cl)cccc2Cl)cc2cnc(Nc3ccc(O[C@@H]4CC[C@@H](N)C4)cn3)nc21. The number of hydrogen-bond donors (Lipinski definition) is 2. The molecule has 3 heterocycles. The molecule has 5 rings (SSSR count). The van der Waals surface area contributed by atoms with Gasteiger partial charge in [0, 0.05) is 30.2 Å². The molecule has 0 amide bonds. The fraction of sp³-hybridized carbons (Fsp3) is 0.250. The van der Waals surface area contributed by atoms with Crippen LogP contribution in [0, 0.1) is 0 Å². The van der Waals surface area contributed by atoms with Crippen molar-refractivity contribution in [3.63, 3.8) is 0 Å². The van der Waals surface area contributed by atoms with Crippen LogP contribution in [0.1, 0.15) is 19.3 Å². The van der Waals surface area contributed by atoms with E-state index >= 15 is 0 Å². The molecule has 0 bridgehead atoms. The van der Waals surface area contributed by atoms with E-state index in [0.717, 1.165) is 19.3 Å². The monoisotopic (exact) mass is 496 g/mol. The lowest BCUT2D eigenvalue weighted by Gasteiger charge is -2.14. The molecule has 1 aliphatic rings. The average molecular weight is 497 g/mol. The highest BCUT2D eigenvalue weighted by molar-refractivity contribution is 6.39. The van der Waals surface area contributed by atoms with Crippen LogP contribution in [-0.4, -0.2) is 31.7 Å². The van der Waals surface area contributed by atoms with E-state index in [2.05, 4.69) is 20.3 Å². The number of ether oxygens (including phenoxy) is 1. The number of pyridine rings is 2. The van der Waals surface area contributed by atoms with Gasteiger partial charge in [0.05, 0.1) is 21.8 Å². The lowest BCUT2D eigenvalue weighted by Crippen LogP contribution is -2.20. The van der Waals surface area contributed by atoms with E-state index in [1.165, 1.54) is 4.57 Å².